The van der Waals surface area contributed by atoms with Crippen molar-refractivity contribution in [1.82, 2.24) is 0 Å². The molecular formula is C10H10F3NO3. The molecular weight excluding hydrogens is 239 g/mol. The number of alkyl halides is 3. The van der Waals surface area contributed by atoms with Crippen LogP contribution in [0.15, 0.2) is 18.2 Å². The van der Waals surface area contributed by atoms with E-state index in [1.807, 2.05) is 0 Å². The second-order valence-corrected chi connectivity index (χ2v) is 3.15. The minimum absolute atomic E-state index is 0.103. The van der Waals surface area contributed by atoms with E-state index in [1.54, 1.807) is 0 Å². The molecule has 0 aliphatic heterocycles. The predicted octanol–water partition coefficient (Wildman–Crippen LogP) is 2.00. The Balaban J connectivity index is 2.84. The summed E-state index contributed by atoms with van der Waals surface area (Å²) < 4.78 is 44.5. The van der Waals surface area contributed by atoms with E-state index in [1.165, 1.54) is 25.3 Å². The van der Waals surface area contributed by atoms with E-state index in [0.717, 1.165) is 0 Å². The van der Waals surface area contributed by atoms with Crippen LogP contribution in [0, 0.1) is 0 Å². The van der Waals surface area contributed by atoms with Crippen LogP contribution in [0.5, 0.6) is 5.75 Å². The number of anilines is 1. The van der Waals surface area contributed by atoms with Gasteiger partial charge in [-0.05, 0) is 18.2 Å². The fraction of sp³-hybridized carbons (Fsp3) is 0.300. The smallest absolute Gasteiger partial charge is 0.422 e. The fourth-order valence-electron chi connectivity index (χ4n) is 1.11. The van der Waals surface area contributed by atoms with E-state index in [0.29, 0.717) is 0 Å². The maximum atomic E-state index is 11.9. The number of benzene rings is 1. The Morgan fingerprint density at radius 2 is 2.06 bits per heavy atom. The number of nitrogens with two attached hydrogens (primary N) is 1. The molecule has 0 saturated heterocycles. The lowest BCUT2D eigenvalue weighted by Crippen LogP contribution is -2.20. The molecule has 0 bridgehead atoms. The average molecular weight is 249 g/mol. The highest BCUT2D eigenvalue weighted by Crippen LogP contribution is 2.23. The minimum atomic E-state index is -4.57. The van der Waals surface area contributed by atoms with Gasteiger partial charge in [-0.2, -0.15) is 13.2 Å². The number of esters is 1. The van der Waals surface area contributed by atoms with Gasteiger partial charge in [0.15, 0.2) is 6.61 Å². The highest BCUT2D eigenvalue weighted by atomic mass is 19.4. The first-order chi connectivity index (χ1) is 7.83. The standard InChI is InChI=1S/C10H10F3NO3/c1-16-8-3-2-6(14)4-7(8)9(15)17-5-10(11,12)13/h2-4H,5,14H2,1H3. The van der Waals surface area contributed by atoms with Gasteiger partial charge in [-0.3, -0.25) is 0 Å². The Kier molecular flexibility index (Phi) is 3.82. The quantitative estimate of drug-likeness (QED) is 0.657. The normalized spacial score (nSPS) is 11.1. The number of ether oxygens (including phenoxy) is 2. The molecule has 0 heterocycles. The minimum Gasteiger partial charge on any atom is -0.496 e. The molecule has 0 unspecified atom stereocenters. The van der Waals surface area contributed by atoms with Gasteiger partial charge in [0.05, 0.1) is 7.11 Å². The number of methoxy groups -OCH3 is 1. The molecule has 0 fully saturated rings. The molecule has 0 spiro atoms. The molecule has 1 aromatic rings. The van der Waals surface area contributed by atoms with Crippen LogP contribution in [0.25, 0.3) is 0 Å². The molecule has 2 N–H and O–H groups in total. The Morgan fingerprint density at radius 3 is 2.59 bits per heavy atom. The number of hydrogen-bond donors (Lipinski definition) is 1. The molecule has 0 atom stereocenters. The van der Waals surface area contributed by atoms with Crippen LogP contribution in [0.2, 0.25) is 0 Å². The summed E-state index contributed by atoms with van der Waals surface area (Å²) in [6, 6.07) is 4.02. The van der Waals surface area contributed by atoms with Gasteiger partial charge in [0, 0.05) is 5.69 Å². The van der Waals surface area contributed by atoms with Crippen LogP contribution in [-0.2, 0) is 4.74 Å². The Bertz CT molecular complexity index is 418. The van der Waals surface area contributed by atoms with Crippen LogP contribution in [0.4, 0.5) is 18.9 Å². The van der Waals surface area contributed by atoms with Crippen molar-refractivity contribution in [1.29, 1.82) is 0 Å². The number of nitrogen functional groups attached to an aromatic ring is 1. The lowest BCUT2D eigenvalue weighted by atomic mass is 10.2. The van der Waals surface area contributed by atoms with Gasteiger partial charge in [-0.15, -0.1) is 0 Å². The van der Waals surface area contributed by atoms with Crippen molar-refractivity contribution in [3.63, 3.8) is 0 Å². The molecule has 4 nitrogen and oxygen atoms in total. The van der Waals surface area contributed by atoms with Crippen molar-refractivity contribution < 1.29 is 27.4 Å². The van der Waals surface area contributed by atoms with Crippen LogP contribution in [-0.4, -0.2) is 25.9 Å². The third-order valence-electron chi connectivity index (χ3n) is 1.81. The molecule has 1 rings (SSSR count). The van der Waals surface area contributed by atoms with Crippen molar-refractivity contribution in [3.05, 3.63) is 23.8 Å². The zero-order valence-electron chi connectivity index (χ0n) is 8.88. The molecule has 0 radical (unpaired) electrons. The predicted molar refractivity (Wildman–Crippen MR) is 53.7 cm³/mol. The summed E-state index contributed by atoms with van der Waals surface area (Å²) in [7, 11) is 1.28. The van der Waals surface area contributed by atoms with Gasteiger partial charge in [0.25, 0.3) is 0 Å². The van der Waals surface area contributed by atoms with Crippen LogP contribution >= 0.6 is 0 Å². The lowest BCUT2D eigenvalue weighted by Gasteiger charge is -2.10. The SMILES string of the molecule is COc1ccc(N)cc1C(=O)OCC(F)(F)F. The third kappa shape index (κ3) is 3.86. The van der Waals surface area contributed by atoms with Crippen molar-refractivity contribution >= 4 is 11.7 Å². The molecule has 1 aromatic carbocycles. The van der Waals surface area contributed by atoms with Crippen molar-refractivity contribution in [2.45, 2.75) is 6.18 Å². The van der Waals surface area contributed by atoms with Crippen LogP contribution in [0.3, 0.4) is 0 Å². The van der Waals surface area contributed by atoms with E-state index < -0.39 is 18.8 Å². The van der Waals surface area contributed by atoms with Gasteiger partial charge < -0.3 is 15.2 Å². The Labute approximate surface area is 95.1 Å². The maximum absolute atomic E-state index is 11.9. The average Bonchev–Trinajstić information content (AvgIpc) is 2.25. The van der Waals surface area contributed by atoms with Crippen LogP contribution < -0.4 is 10.5 Å². The molecule has 7 heteroatoms. The summed E-state index contributed by atoms with van der Waals surface area (Å²) >= 11 is 0. The first kappa shape index (κ1) is 13.1. The lowest BCUT2D eigenvalue weighted by molar-refractivity contribution is -0.161. The molecule has 0 amide bonds. The maximum Gasteiger partial charge on any atom is 0.422 e. The van der Waals surface area contributed by atoms with E-state index in [9.17, 15) is 18.0 Å². The molecule has 0 saturated carbocycles. The van der Waals surface area contributed by atoms with Crippen molar-refractivity contribution in [2.75, 3.05) is 19.5 Å². The number of hydrogen-bond acceptors (Lipinski definition) is 4. The molecule has 0 aliphatic rings. The summed E-state index contributed by atoms with van der Waals surface area (Å²) in [6.07, 6.45) is -4.57. The number of carbonyl (C=O) groups is 1. The van der Waals surface area contributed by atoms with Gasteiger partial charge in [0.2, 0.25) is 0 Å². The van der Waals surface area contributed by atoms with E-state index in [-0.39, 0.29) is 17.0 Å². The monoisotopic (exact) mass is 249 g/mol. The molecule has 17 heavy (non-hydrogen) atoms. The zero-order valence-corrected chi connectivity index (χ0v) is 8.88. The largest absolute Gasteiger partial charge is 0.496 e. The number of carbonyl (C=O) groups excluding carboxylic acids is 1. The summed E-state index contributed by atoms with van der Waals surface area (Å²) in [5.74, 6) is -1.03. The number of rotatable bonds is 3. The van der Waals surface area contributed by atoms with Crippen molar-refractivity contribution in [3.8, 4) is 5.75 Å². The Hall–Kier alpha value is -1.92. The molecule has 0 aromatic heterocycles. The van der Waals surface area contributed by atoms with Crippen LogP contribution in [0.1, 0.15) is 10.4 Å². The highest BCUT2D eigenvalue weighted by molar-refractivity contribution is 5.93. The Morgan fingerprint density at radius 1 is 1.41 bits per heavy atom. The molecule has 0 aliphatic carbocycles. The van der Waals surface area contributed by atoms with Gasteiger partial charge in [0.1, 0.15) is 11.3 Å². The second kappa shape index (κ2) is 4.94. The second-order valence-electron chi connectivity index (χ2n) is 3.15. The zero-order chi connectivity index (χ0) is 13.1. The van der Waals surface area contributed by atoms with Gasteiger partial charge >= 0.3 is 12.1 Å². The first-order valence-corrected chi connectivity index (χ1v) is 4.51. The number of halogens is 3. The summed E-state index contributed by atoms with van der Waals surface area (Å²) in [4.78, 5) is 11.4. The first-order valence-electron chi connectivity index (χ1n) is 4.51. The van der Waals surface area contributed by atoms with E-state index in [4.69, 9.17) is 10.5 Å². The topological polar surface area (TPSA) is 61.5 Å². The highest BCUT2D eigenvalue weighted by Gasteiger charge is 2.30. The van der Waals surface area contributed by atoms with E-state index >= 15 is 0 Å². The van der Waals surface area contributed by atoms with Crippen molar-refractivity contribution in [2.24, 2.45) is 0 Å². The summed E-state index contributed by atoms with van der Waals surface area (Å²) in [5.41, 5.74) is 5.50. The summed E-state index contributed by atoms with van der Waals surface area (Å²) in [5, 5.41) is 0. The van der Waals surface area contributed by atoms with Gasteiger partial charge in [-0.1, -0.05) is 0 Å². The van der Waals surface area contributed by atoms with E-state index in [2.05, 4.69) is 4.74 Å². The third-order valence-corrected chi connectivity index (χ3v) is 1.81. The van der Waals surface area contributed by atoms with Gasteiger partial charge in [-0.25, -0.2) is 4.79 Å². The molecule has 94 valence electrons. The fourth-order valence-corrected chi connectivity index (χ4v) is 1.11. The summed E-state index contributed by atoms with van der Waals surface area (Å²) in [6.45, 7) is -1.65.